The van der Waals surface area contributed by atoms with Gasteiger partial charge in [-0.15, -0.1) is 0 Å². The molecule has 3 N–H and O–H groups in total. The van der Waals surface area contributed by atoms with Crippen LogP contribution < -0.4 is 5.73 Å². The first-order chi connectivity index (χ1) is 6.49. The topological polar surface area (TPSA) is 46.2 Å². The Hall–Kier alpha value is -1.23. The van der Waals surface area contributed by atoms with E-state index in [2.05, 4.69) is 0 Å². The lowest BCUT2D eigenvalue weighted by atomic mass is 10.0. The van der Waals surface area contributed by atoms with Crippen LogP contribution >= 0.6 is 0 Å². The van der Waals surface area contributed by atoms with E-state index in [4.69, 9.17) is 5.73 Å². The first-order valence-electron chi connectivity index (χ1n) is 4.11. The van der Waals surface area contributed by atoms with E-state index in [9.17, 15) is 18.3 Å². The van der Waals surface area contributed by atoms with Crippen molar-refractivity contribution in [2.75, 3.05) is 0 Å². The molecule has 5 heteroatoms. The van der Waals surface area contributed by atoms with Gasteiger partial charge in [0.2, 0.25) is 0 Å². The second-order valence-corrected chi connectivity index (χ2v) is 2.93. The number of phenols is 1. The fourth-order valence-corrected chi connectivity index (χ4v) is 1.15. The van der Waals surface area contributed by atoms with Gasteiger partial charge in [0.25, 0.3) is 0 Å². The van der Waals surface area contributed by atoms with E-state index in [1.165, 1.54) is 0 Å². The molecule has 0 amide bonds. The maximum absolute atomic E-state index is 13.1. The summed E-state index contributed by atoms with van der Waals surface area (Å²) in [5.41, 5.74) is 5.04. The maximum Gasteiger partial charge on any atom is 0.195 e. The molecule has 1 rings (SSSR count). The molecule has 0 bridgehead atoms. The molecule has 0 aliphatic rings. The summed E-state index contributed by atoms with van der Waals surface area (Å²) in [4.78, 5) is 0. The van der Waals surface area contributed by atoms with Crippen molar-refractivity contribution in [3.8, 4) is 5.75 Å². The number of benzene rings is 1. The highest BCUT2D eigenvalue weighted by Crippen LogP contribution is 2.30. The Morgan fingerprint density at radius 2 is 1.93 bits per heavy atom. The normalized spacial score (nSPS) is 12.9. The van der Waals surface area contributed by atoms with Gasteiger partial charge in [-0.25, -0.2) is 13.2 Å². The smallest absolute Gasteiger partial charge is 0.195 e. The van der Waals surface area contributed by atoms with Crippen LogP contribution in [0.25, 0.3) is 0 Å². The van der Waals surface area contributed by atoms with Crippen molar-refractivity contribution >= 4 is 0 Å². The zero-order valence-electron chi connectivity index (χ0n) is 7.52. The summed E-state index contributed by atoms with van der Waals surface area (Å²) in [7, 11) is 0. The number of halogens is 3. The van der Waals surface area contributed by atoms with Crippen LogP contribution in [0.15, 0.2) is 6.07 Å². The van der Waals surface area contributed by atoms with Gasteiger partial charge in [-0.1, -0.05) is 6.92 Å². The lowest BCUT2D eigenvalue weighted by Gasteiger charge is -2.12. The molecule has 0 fully saturated rings. The number of hydrogen-bond donors (Lipinski definition) is 2. The molecular formula is C9H10F3NO. The van der Waals surface area contributed by atoms with Crippen molar-refractivity contribution < 1.29 is 18.3 Å². The lowest BCUT2D eigenvalue weighted by Crippen LogP contribution is -2.12. The third-order valence-corrected chi connectivity index (χ3v) is 1.99. The number of phenolic OH excluding ortho intramolecular Hbond substituents is 1. The van der Waals surface area contributed by atoms with Gasteiger partial charge >= 0.3 is 0 Å². The van der Waals surface area contributed by atoms with Crippen LogP contribution in [0.1, 0.15) is 24.9 Å². The predicted octanol–water partition coefficient (Wildman–Crippen LogP) is 2.22. The summed E-state index contributed by atoms with van der Waals surface area (Å²) in [5, 5.41) is 9.17. The minimum absolute atomic E-state index is 0.315. The molecule has 0 radical (unpaired) electrons. The molecule has 0 saturated heterocycles. The minimum atomic E-state index is -1.61. The van der Waals surface area contributed by atoms with Crippen LogP contribution in [0.4, 0.5) is 13.2 Å². The fraction of sp³-hybridized carbons (Fsp3) is 0.333. The van der Waals surface area contributed by atoms with E-state index in [0.717, 1.165) is 0 Å². The van der Waals surface area contributed by atoms with Crippen LogP contribution in [0.3, 0.4) is 0 Å². The molecule has 78 valence electrons. The molecule has 0 heterocycles. The molecule has 0 unspecified atom stereocenters. The van der Waals surface area contributed by atoms with Crippen molar-refractivity contribution in [1.82, 2.24) is 0 Å². The van der Waals surface area contributed by atoms with E-state index in [1.807, 2.05) is 0 Å². The summed E-state index contributed by atoms with van der Waals surface area (Å²) in [5.74, 6) is -5.11. The van der Waals surface area contributed by atoms with Gasteiger partial charge in [-0.2, -0.15) is 0 Å². The molecule has 0 aliphatic heterocycles. The van der Waals surface area contributed by atoms with Crippen molar-refractivity contribution in [3.05, 3.63) is 29.1 Å². The van der Waals surface area contributed by atoms with Gasteiger partial charge in [0.05, 0.1) is 0 Å². The van der Waals surface area contributed by atoms with Gasteiger partial charge in [-0.05, 0) is 6.42 Å². The van der Waals surface area contributed by atoms with Crippen LogP contribution in [-0.2, 0) is 0 Å². The average molecular weight is 205 g/mol. The third-order valence-electron chi connectivity index (χ3n) is 1.99. The Balaban J connectivity index is 3.36. The first kappa shape index (κ1) is 10.8. The maximum atomic E-state index is 13.1. The highest BCUT2D eigenvalue weighted by atomic mass is 19.2. The van der Waals surface area contributed by atoms with Crippen molar-refractivity contribution in [2.45, 2.75) is 19.4 Å². The Bertz CT molecular complexity index is 354. The molecule has 14 heavy (non-hydrogen) atoms. The Labute approximate surface area is 79.2 Å². The summed E-state index contributed by atoms with van der Waals surface area (Å²) < 4.78 is 38.4. The van der Waals surface area contributed by atoms with E-state index >= 15 is 0 Å². The van der Waals surface area contributed by atoms with Gasteiger partial charge in [-0.3, -0.25) is 0 Å². The third kappa shape index (κ3) is 1.68. The average Bonchev–Trinajstić information content (AvgIpc) is 2.14. The molecule has 0 saturated carbocycles. The summed E-state index contributed by atoms with van der Waals surface area (Å²) in [6.07, 6.45) is 0.315. The van der Waals surface area contributed by atoms with E-state index in [-0.39, 0.29) is 5.56 Å². The van der Waals surface area contributed by atoms with Crippen LogP contribution in [0.2, 0.25) is 0 Å². The van der Waals surface area contributed by atoms with E-state index in [1.54, 1.807) is 6.92 Å². The van der Waals surface area contributed by atoms with Crippen molar-refractivity contribution in [1.29, 1.82) is 0 Å². The quantitative estimate of drug-likeness (QED) is 0.727. The zero-order valence-corrected chi connectivity index (χ0v) is 7.52. The molecule has 0 aliphatic carbocycles. The Morgan fingerprint density at radius 1 is 1.36 bits per heavy atom. The standard InChI is InChI=1S/C9H10F3NO/c1-2-5(13)7-6(14)3-4(10)8(11)9(7)12/h3,5,14H,2,13H2,1H3/t5-/m0/s1. The minimum Gasteiger partial charge on any atom is -0.507 e. The first-order valence-corrected chi connectivity index (χ1v) is 4.11. The second-order valence-electron chi connectivity index (χ2n) is 2.93. The van der Waals surface area contributed by atoms with Gasteiger partial charge < -0.3 is 10.8 Å². The molecule has 2 nitrogen and oxygen atoms in total. The number of aromatic hydroxyl groups is 1. The molecule has 1 atom stereocenters. The van der Waals surface area contributed by atoms with Crippen molar-refractivity contribution in [2.24, 2.45) is 5.73 Å². The van der Waals surface area contributed by atoms with Gasteiger partial charge in [0, 0.05) is 17.7 Å². The van der Waals surface area contributed by atoms with Crippen LogP contribution in [-0.4, -0.2) is 5.11 Å². The molecule has 0 spiro atoms. The highest BCUT2D eigenvalue weighted by molar-refractivity contribution is 5.37. The van der Waals surface area contributed by atoms with E-state index < -0.39 is 29.2 Å². The Morgan fingerprint density at radius 3 is 2.43 bits per heavy atom. The molecule has 1 aromatic rings. The number of nitrogens with two attached hydrogens (primary N) is 1. The summed E-state index contributed by atoms with van der Waals surface area (Å²) >= 11 is 0. The Kier molecular flexibility index (Phi) is 3.00. The number of rotatable bonds is 2. The molecule has 0 aromatic heterocycles. The zero-order chi connectivity index (χ0) is 10.9. The SMILES string of the molecule is CC[C@H](N)c1c(O)cc(F)c(F)c1F. The monoisotopic (exact) mass is 205 g/mol. The van der Waals surface area contributed by atoms with Gasteiger partial charge in [0.1, 0.15) is 5.75 Å². The van der Waals surface area contributed by atoms with Crippen LogP contribution in [0.5, 0.6) is 5.75 Å². The lowest BCUT2D eigenvalue weighted by molar-refractivity contribution is 0.399. The fourth-order valence-electron chi connectivity index (χ4n) is 1.15. The number of hydrogen-bond acceptors (Lipinski definition) is 2. The second kappa shape index (κ2) is 3.88. The summed E-state index contributed by atoms with van der Waals surface area (Å²) in [6, 6.07) is -0.325. The highest BCUT2D eigenvalue weighted by Gasteiger charge is 2.21. The van der Waals surface area contributed by atoms with E-state index in [0.29, 0.717) is 12.5 Å². The summed E-state index contributed by atoms with van der Waals surface area (Å²) in [6.45, 7) is 1.64. The molecular weight excluding hydrogens is 195 g/mol. The predicted molar refractivity (Wildman–Crippen MR) is 45.2 cm³/mol. The van der Waals surface area contributed by atoms with Crippen molar-refractivity contribution in [3.63, 3.8) is 0 Å². The molecule has 1 aromatic carbocycles. The van der Waals surface area contributed by atoms with Crippen LogP contribution in [0, 0.1) is 17.5 Å². The largest absolute Gasteiger partial charge is 0.507 e. The van der Waals surface area contributed by atoms with Gasteiger partial charge in [0.15, 0.2) is 17.5 Å².